The molecule has 3 rings (SSSR count). The molecule has 29 heavy (non-hydrogen) atoms. The van der Waals surface area contributed by atoms with Gasteiger partial charge in [-0.2, -0.15) is 0 Å². The summed E-state index contributed by atoms with van der Waals surface area (Å²) in [5.74, 6) is -0.705. The zero-order valence-corrected chi connectivity index (χ0v) is 16.5. The summed E-state index contributed by atoms with van der Waals surface area (Å²) >= 11 is 0. The molecule has 0 unspecified atom stereocenters. The van der Waals surface area contributed by atoms with E-state index in [-0.39, 0.29) is 18.0 Å². The van der Waals surface area contributed by atoms with Gasteiger partial charge in [0.15, 0.2) is 0 Å². The van der Waals surface area contributed by atoms with Gasteiger partial charge in [0.1, 0.15) is 5.75 Å². The molecule has 0 saturated heterocycles. The van der Waals surface area contributed by atoms with Crippen molar-refractivity contribution in [3.8, 4) is 5.75 Å². The third-order valence-corrected chi connectivity index (χ3v) is 4.76. The van der Waals surface area contributed by atoms with Crippen molar-refractivity contribution in [2.24, 2.45) is 0 Å². The second-order valence-corrected chi connectivity index (χ2v) is 6.58. The van der Waals surface area contributed by atoms with Crippen molar-refractivity contribution in [1.29, 1.82) is 0 Å². The molecule has 3 aromatic carbocycles. The van der Waals surface area contributed by atoms with Crippen LogP contribution in [0, 0.1) is 0 Å². The molecule has 5 heteroatoms. The molecule has 5 nitrogen and oxygen atoms in total. The molecule has 0 aromatic heterocycles. The van der Waals surface area contributed by atoms with Crippen molar-refractivity contribution >= 4 is 17.6 Å². The number of nitrogens with zero attached hydrogens (tertiary/aromatic N) is 1. The Labute approximate surface area is 170 Å². The summed E-state index contributed by atoms with van der Waals surface area (Å²) in [4.78, 5) is 26.6. The fourth-order valence-corrected chi connectivity index (χ4v) is 3.29. The Balaban J connectivity index is 2.08. The van der Waals surface area contributed by atoms with Crippen LogP contribution in [-0.2, 0) is 13.0 Å². The predicted octanol–water partition coefficient (Wildman–Crippen LogP) is 4.80. The Hall–Kier alpha value is -3.60. The monoisotopic (exact) mass is 389 g/mol. The van der Waals surface area contributed by atoms with Gasteiger partial charge in [0.25, 0.3) is 5.91 Å². The lowest BCUT2D eigenvalue weighted by Gasteiger charge is -2.26. The molecule has 0 aliphatic heterocycles. The van der Waals surface area contributed by atoms with Crippen molar-refractivity contribution in [2.45, 2.75) is 19.9 Å². The van der Waals surface area contributed by atoms with E-state index in [1.807, 2.05) is 43.3 Å². The minimum absolute atomic E-state index is 0.191. The van der Waals surface area contributed by atoms with Gasteiger partial charge in [0, 0.05) is 5.69 Å². The number of aryl methyl sites for hydroxylation is 1. The van der Waals surface area contributed by atoms with Crippen LogP contribution in [-0.4, -0.2) is 24.1 Å². The van der Waals surface area contributed by atoms with Crippen molar-refractivity contribution in [3.63, 3.8) is 0 Å². The Kier molecular flexibility index (Phi) is 6.29. The van der Waals surface area contributed by atoms with Gasteiger partial charge in [-0.15, -0.1) is 0 Å². The van der Waals surface area contributed by atoms with Crippen LogP contribution in [0.4, 0.5) is 5.69 Å². The van der Waals surface area contributed by atoms with Crippen LogP contribution in [0.15, 0.2) is 72.8 Å². The van der Waals surface area contributed by atoms with E-state index in [2.05, 4.69) is 0 Å². The number of benzene rings is 3. The van der Waals surface area contributed by atoms with E-state index in [4.69, 9.17) is 4.74 Å². The lowest BCUT2D eigenvalue weighted by molar-refractivity contribution is 0.0696. The molecule has 0 bridgehead atoms. The number of amides is 1. The number of para-hydroxylation sites is 2. The number of ether oxygens (including phenoxy) is 1. The first kappa shape index (κ1) is 20.1. The third-order valence-electron chi connectivity index (χ3n) is 4.76. The lowest BCUT2D eigenvalue weighted by Crippen LogP contribution is -2.31. The maximum atomic E-state index is 13.5. The number of rotatable bonds is 7. The van der Waals surface area contributed by atoms with Gasteiger partial charge >= 0.3 is 5.97 Å². The average Bonchev–Trinajstić information content (AvgIpc) is 2.77. The average molecular weight is 389 g/mol. The largest absolute Gasteiger partial charge is 0.496 e. The van der Waals surface area contributed by atoms with E-state index < -0.39 is 5.97 Å². The summed E-state index contributed by atoms with van der Waals surface area (Å²) in [5, 5.41) is 9.30. The number of carbonyl (C=O) groups excluding carboxylic acids is 1. The molecule has 0 fully saturated rings. The van der Waals surface area contributed by atoms with Gasteiger partial charge in [-0.25, -0.2) is 4.79 Å². The number of anilines is 1. The highest BCUT2D eigenvalue weighted by molar-refractivity contribution is 6.08. The molecule has 0 atom stereocenters. The zero-order valence-electron chi connectivity index (χ0n) is 16.5. The van der Waals surface area contributed by atoms with Crippen molar-refractivity contribution < 1.29 is 19.4 Å². The van der Waals surface area contributed by atoms with E-state index >= 15 is 0 Å². The van der Waals surface area contributed by atoms with Crippen LogP contribution in [0.25, 0.3) is 0 Å². The number of methoxy groups -OCH3 is 1. The van der Waals surface area contributed by atoms with Crippen LogP contribution in [0.2, 0.25) is 0 Å². The molecule has 1 N–H and O–H groups in total. The Morgan fingerprint density at radius 3 is 2.41 bits per heavy atom. The van der Waals surface area contributed by atoms with Crippen molar-refractivity contribution in [3.05, 3.63) is 95.1 Å². The molecule has 0 saturated carbocycles. The highest BCUT2D eigenvalue weighted by Crippen LogP contribution is 2.28. The van der Waals surface area contributed by atoms with Crippen molar-refractivity contribution in [1.82, 2.24) is 0 Å². The molecule has 0 aliphatic carbocycles. The molecule has 0 aliphatic rings. The maximum absolute atomic E-state index is 13.5. The summed E-state index contributed by atoms with van der Waals surface area (Å²) in [7, 11) is 1.53. The van der Waals surface area contributed by atoms with Crippen molar-refractivity contribution in [2.75, 3.05) is 12.0 Å². The van der Waals surface area contributed by atoms with E-state index in [1.54, 1.807) is 35.2 Å². The Bertz CT molecular complexity index is 1030. The highest BCUT2D eigenvalue weighted by atomic mass is 16.5. The first-order chi connectivity index (χ1) is 14.0. The van der Waals surface area contributed by atoms with Gasteiger partial charge in [0.05, 0.1) is 24.8 Å². The quantitative estimate of drug-likeness (QED) is 0.630. The molecule has 0 spiro atoms. The van der Waals surface area contributed by atoms with Crippen LogP contribution < -0.4 is 9.64 Å². The molecule has 1 amide bonds. The van der Waals surface area contributed by atoms with Crippen LogP contribution in [0.3, 0.4) is 0 Å². The highest BCUT2D eigenvalue weighted by Gasteiger charge is 2.23. The first-order valence-corrected chi connectivity index (χ1v) is 9.40. The van der Waals surface area contributed by atoms with Gasteiger partial charge < -0.3 is 14.7 Å². The number of aromatic carboxylic acids is 1. The smallest absolute Gasteiger partial charge is 0.335 e. The number of carbonyl (C=O) groups is 2. The second kappa shape index (κ2) is 9.06. The summed E-state index contributed by atoms with van der Waals surface area (Å²) < 4.78 is 5.38. The molecule has 0 radical (unpaired) electrons. The molecule has 3 aromatic rings. The number of hydrogen-bond acceptors (Lipinski definition) is 3. The SMILES string of the molecule is CCc1ccccc1N(Cc1cccc(C(=O)O)c1)C(=O)c1ccccc1OC. The number of carboxylic acid groups (broad SMARTS) is 1. The fourth-order valence-electron chi connectivity index (χ4n) is 3.29. The lowest BCUT2D eigenvalue weighted by atomic mass is 10.1. The Morgan fingerprint density at radius 1 is 0.966 bits per heavy atom. The summed E-state index contributed by atoms with van der Waals surface area (Å²) in [5.41, 5.74) is 3.21. The van der Waals surface area contributed by atoms with Crippen LogP contribution >= 0.6 is 0 Å². The standard InChI is InChI=1S/C24H23NO4/c1-3-18-10-4-6-13-21(18)25(16-17-9-8-11-19(15-17)24(27)28)23(26)20-12-5-7-14-22(20)29-2/h4-15H,3,16H2,1-2H3,(H,27,28). The normalized spacial score (nSPS) is 10.4. The zero-order chi connectivity index (χ0) is 20.8. The van der Waals surface area contributed by atoms with Gasteiger partial charge in [-0.1, -0.05) is 49.4 Å². The predicted molar refractivity (Wildman–Crippen MR) is 113 cm³/mol. The Morgan fingerprint density at radius 2 is 1.69 bits per heavy atom. The van der Waals surface area contributed by atoms with Gasteiger partial charge in [-0.05, 0) is 47.9 Å². The minimum atomic E-state index is -0.997. The van der Waals surface area contributed by atoms with Crippen LogP contribution in [0.1, 0.15) is 38.8 Å². The third kappa shape index (κ3) is 4.46. The molecule has 148 valence electrons. The first-order valence-electron chi connectivity index (χ1n) is 9.40. The van der Waals surface area contributed by atoms with E-state index in [9.17, 15) is 14.7 Å². The topological polar surface area (TPSA) is 66.8 Å². The van der Waals surface area contributed by atoms with E-state index in [0.717, 1.165) is 23.2 Å². The van der Waals surface area contributed by atoms with E-state index in [1.165, 1.54) is 13.2 Å². The number of carboxylic acids is 1. The summed E-state index contributed by atoms with van der Waals surface area (Å²) in [6.45, 7) is 2.28. The van der Waals surface area contributed by atoms with Gasteiger partial charge in [-0.3, -0.25) is 4.79 Å². The summed E-state index contributed by atoms with van der Waals surface area (Å²) in [6, 6.07) is 21.5. The maximum Gasteiger partial charge on any atom is 0.335 e. The van der Waals surface area contributed by atoms with E-state index in [0.29, 0.717) is 11.3 Å². The molecular weight excluding hydrogens is 366 g/mol. The van der Waals surface area contributed by atoms with Gasteiger partial charge in [0.2, 0.25) is 0 Å². The molecular formula is C24H23NO4. The van der Waals surface area contributed by atoms with Crippen LogP contribution in [0.5, 0.6) is 5.75 Å². The fraction of sp³-hybridized carbons (Fsp3) is 0.167. The molecule has 0 heterocycles. The summed E-state index contributed by atoms with van der Waals surface area (Å²) in [6.07, 6.45) is 0.765. The number of hydrogen-bond donors (Lipinski definition) is 1. The second-order valence-electron chi connectivity index (χ2n) is 6.58. The minimum Gasteiger partial charge on any atom is -0.496 e.